The molecule has 2 aromatic rings. The molecule has 3 fully saturated rings. The van der Waals surface area contributed by atoms with Gasteiger partial charge < -0.3 is 21.3 Å². The summed E-state index contributed by atoms with van der Waals surface area (Å²) in [6.45, 7) is 7.81. The lowest BCUT2D eigenvalue weighted by Crippen LogP contribution is -2.50. The molecule has 2 saturated heterocycles. The number of Topliss-reactive ketones (excluding diaryl/α,β-unsaturated/α-hetero) is 1. The predicted octanol–water partition coefficient (Wildman–Crippen LogP) is 4.22. The van der Waals surface area contributed by atoms with Crippen molar-refractivity contribution in [2.75, 3.05) is 10.2 Å². The molecular formula is C29H37N5O3. The van der Waals surface area contributed by atoms with Crippen LogP contribution in [0.3, 0.4) is 0 Å². The summed E-state index contributed by atoms with van der Waals surface area (Å²) in [6.07, 6.45) is 7.53. The Hall–Kier alpha value is -3.42. The Morgan fingerprint density at radius 3 is 2.22 bits per heavy atom. The number of hydrogen-bond donors (Lipinski definition) is 3. The Bertz CT molecular complexity index is 1220. The van der Waals surface area contributed by atoms with Gasteiger partial charge in [0.15, 0.2) is 5.78 Å². The number of hydrogen-bond acceptors (Lipinski definition) is 6. The monoisotopic (exact) mass is 503 g/mol. The van der Waals surface area contributed by atoms with Crippen molar-refractivity contribution >= 4 is 29.1 Å². The number of nitrogens with one attached hydrogen (secondary N) is 2. The van der Waals surface area contributed by atoms with E-state index in [1.165, 1.54) is 0 Å². The highest BCUT2D eigenvalue weighted by Gasteiger charge is 2.42. The molecule has 1 aromatic heterocycles. The Labute approximate surface area is 218 Å². The van der Waals surface area contributed by atoms with Crippen molar-refractivity contribution in [3.63, 3.8) is 0 Å². The number of anilines is 2. The summed E-state index contributed by atoms with van der Waals surface area (Å²) in [5.41, 5.74) is 8.24. The molecule has 2 aliphatic heterocycles. The number of benzene rings is 1. The number of nitrogens with two attached hydrogens (primary N) is 1. The van der Waals surface area contributed by atoms with Crippen LogP contribution in [0.1, 0.15) is 95.9 Å². The third kappa shape index (κ3) is 5.33. The number of nitrogens with zero attached hydrogens (tertiary/aromatic N) is 2. The van der Waals surface area contributed by atoms with Gasteiger partial charge in [-0.05, 0) is 96.0 Å². The van der Waals surface area contributed by atoms with Crippen molar-refractivity contribution in [3.05, 3.63) is 52.7 Å². The Kier molecular flexibility index (Phi) is 6.46. The fourth-order valence-corrected chi connectivity index (χ4v) is 5.86. The van der Waals surface area contributed by atoms with Crippen LogP contribution in [0.25, 0.3) is 0 Å². The lowest BCUT2D eigenvalue weighted by Gasteiger charge is -2.40. The molecule has 2 amide bonds. The summed E-state index contributed by atoms with van der Waals surface area (Å²) in [4.78, 5) is 44.8. The molecule has 37 heavy (non-hydrogen) atoms. The van der Waals surface area contributed by atoms with E-state index in [1.54, 1.807) is 18.3 Å². The number of aryl methyl sites for hydroxylation is 1. The molecule has 3 aliphatic rings. The number of piperidine rings is 1. The molecule has 5 rings (SSSR count). The Morgan fingerprint density at radius 1 is 1.00 bits per heavy atom. The zero-order valence-electron chi connectivity index (χ0n) is 22.1. The summed E-state index contributed by atoms with van der Waals surface area (Å²) in [7, 11) is 0. The Balaban J connectivity index is 1.28. The molecule has 0 unspecified atom stereocenters. The van der Waals surface area contributed by atoms with E-state index in [9.17, 15) is 14.4 Å². The van der Waals surface area contributed by atoms with Gasteiger partial charge in [-0.15, -0.1) is 0 Å². The van der Waals surface area contributed by atoms with E-state index in [0.29, 0.717) is 34.5 Å². The van der Waals surface area contributed by atoms with E-state index < -0.39 is 5.91 Å². The molecule has 1 aliphatic carbocycles. The number of pyridine rings is 1. The highest BCUT2D eigenvalue weighted by atomic mass is 16.2. The number of ketones is 1. The fourth-order valence-electron chi connectivity index (χ4n) is 5.86. The van der Waals surface area contributed by atoms with Crippen molar-refractivity contribution in [2.24, 2.45) is 11.7 Å². The standard InChI is InChI=1S/C29H37N5O3/c1-16-11-23(27(30)36)24(33-29(2,3)4)14-22(16)28(37)32-19-12-20-8-9-21(13-19)34(20)25-10-7-18(15-31-25)26(35)17-5-6-17/h7,10-11,14-15,17,19-21,33H,5-6,8-9,12-13H2,1-4H3,(H2,30,36)(H,32,37)/t19-,20+,21-. The van der Waals surface area contributed by atoms with Crippen molar-refractivity contribution in [1.29, 1.82) is 0 Å². The Morgan fingerprint density at radius 2 is 1.68 bits per heavy atom. The molecule has 1 saturated carbocycles. The van der Waals surface area contributed by atoms with Gasteiger partial charge in [0.25, 0.3) is 11.8 Å². The highest BCUT2D eigenvalue weighted by Crippen LogP contribution is 2.39. The minimum absolute atomic E-state index is 0.0613. The number of carbonyl (C=O) groups is 3. The fraction of sp³-hybridized carbons (Fsp3) is 0.517. The van der Waals surface area contributed by atoms with E-state index in [2.05, 4.69) is 20.5 Å². The van der Waals surface area contributed by atoms with Crippen LogP contribution in [0.15, 0.2) is 30.5 Å². The first-order chi connectivity index (χ1) is 17.5. The van der Waals surface area contributed by atoms with Crippen LogP contribution in [0.5, 0.6) is 0 Å². The minimum Gasteiger partial charge on any atom is -0.380 e. The zero-order chi connectivity index (χ0) is 26.5. The molecule has 0 spiro atoms. The maximum atomic E-state index is 13.4. The molecular weight excluding hydrogens is 466 g/mol. The maximum Gasteiger partial charge on any atom is 0.251 e. The SMILES string of the molecule is Cc1cc(C(N)=O)c(NC(C)(C)C)cc1C(=O)N[C@H]1C[C@H]2CC[C@@H](C1)N2c1ccc(C(=O)C2CC2)cn1. The summed E-state index contributed by atoms with van der Waals surface area (Å²) < 4.78 is 0. The van der Waals surface area contributed by atoms with E-state index in [4.69, 9.17) is 5.73 Å². The van der Waals surface area contributed by atoms with E-state index in [1.807, 2.05) is 39.8 Å². The molecule has 0 radical (unpaired) electrons. The van der Waals surface area contributed by atoms with Gasteiger partial charge in [-0.25, -0.2) is 4.98 Å². The van der Waals surface area contributed by atoms with Crippen LogP contribution in [0.2, 0.25) is 0 Å². The largest absolute Gasteiger partial charge is 0.380 e. The van der Waals surface area contributed by atoms with Crippen molar-refractivity contribution < 1.29 is 14.4 Å². The van der Waals surface area contributed by atoms with Crippen LogP contribution in [0, 0.1) is 12.8 Å². The quantitative estimate of drug-likeness (QED) is 0.487. The molecule has 3 atom stereocenters. The van der Waals surface area contributed by atoms with Gasteiger partial charge in [-0.3, -0.25) is 14.4 Å². The minimum atomic E-state index is -0.524. The van der Waals surface area contributed by atoms with Gasteiger partial charge in [0.1, 0.15) is 5.82 Å². The molecule has 1 aromatic carbocycles. The average Bonchev–Trinajstić information content (AvgIpc) is 3.63. The molecule has 196 valence electrons. The van der Waals surface area contributed by atoms with E-state index in [0.717, 1.165) is 49.9 Å². The topological polar surface area (TPSA) is 117 Å². The van der Waals surface area contributed by atoms with Crippen LogP contribution >= 0.6 is 0 Å². The second-order valence-electron chi connectivity index (χ2n) is 11.9. The second-order valence-corrected chi connectivity index (χ2v) is 11.9. The number of fused-ring (bicyclic) bond motifs is 2. The molecule has 3 heterocycles. The van der Waals surface area contributed by atoms with Gasteiger partial charge in [-0.1, -0.05) is 0 Å². The number of rotatable bonds is 7. The number of carbonyl (C=O) groups excluding carboxylic acids is 3. The third-order valence-electron chi connectivity index (χ3n) is 7.70. The average molecular weight is 504 g/mol. The first-order valence-electron chi connectivity index (χ1n) is 13.3. The zero-order valence-corrected chi connectivity index (χ0v) is 22.1. The lowest BCUT2D eigenvalue weighted by atomic mass is 9.95. The van der Waals surface area contributed by atoms with Crippen molar-refractivity contribution in [1.82, 2.24) is 10.3 Å². The summed E-state index contributed by atoms with van der Waals surface area (Å²) in [6, 6.07) is 8.00. The molecule has 8 nitrogen and oxygen atoms in total. The lowest BCUT2D eigenvalue weighted by molar-refractivity contribution is 0.0923. The smallest absolute Gasteiger partial charge is 0.251 e. The number of aromatic nitrogens is 1. The van der Waals surface area contributed by atoms with Gasteiger partial charge in [-0.2, -0.15) is 0 Å². The van der Waals surface area contributed by atoms with Crippen LogP contribution in [-0.4, -0.2) is 46.2 Å². The van der Waals surface area contributed by atoms with Gasteiger partial charge in [0.2, 0.25) is 0 Å². The van der Waals surface area contributed by atoms with Crippen molar-refractivity contribution in [3.8, 4) is 0 Å². The van der Waals surface area contributed by atoms with Gasteiger partial charge in [0, 0.05) is 52.6 Å². The summed E-state index contributed by atoms with van der Waals surface area (Å²) in [5.74, 6) is 0.664. The number of amides is 2. The third-order valence-corrected chi connectivity index (χ3v) is 7.70. The molecule has 4 N–H and O–H groups in total. The van der Waals surface area contributed by atoms with Crippen LogP contribution in [-0.2, 0) is 0 Å². The predicted molar refractivity (Wildman–Crippen MR) is 144 cm³/mol. The number of primary amides is 1. The highest BCUT2D eigenvalue weighted by molar-refractivity contribution is 6.03. The summed E-state index contributed by atoms with van der Waals surface area (Å²) in [5, 5.41) is 6.57. The van der Waals surface area contributed by atoms with E-state index in [-0.39, 0.29) is 29.2 Å². The maximum absolute atomic E-state index is 13.4. The van der Waals surface area contributed by atoms with Crippen molar-refractivity contribution in [2.45, 2.75) is 89.9 Å². The molecule has 8 heteroatoms. The second kappa shape index (κ2) is 9.47. The van der Waals surface area contributed by atoms with Gasteiger partial charge in [0.05, 0.1) is 5.56 Å². The van der Waals surface area contributed by atoms with E-state index >= 15 is 0 Å². The first-order valence-corrected chi connectivity index (χ1v) is 13.3. The first kappa shape index (κ1) is 25.2. The van der Waals surface area contributed by atoms with Crippen LogP contribution in [0.4, 0.5) is 11.5 Å². The summed E-state index contributed by atoms with van der Waals surface area (Å²) >= 11 is 0. The van der Waals surface area contributed by atoms with Gasteiger partial charge >= 0.3 is 0 Å². The molecule has 2 bridgehead atoms. The van der Waals surface area contributed by atoms with Crippen LogP contribution < -0.4 is 21.3 Å². The normalized spacial score (nSPS) is 23.0.